The number of carbonyl (C=O) groups is 2. The van der Waals surface area contributed by atoms with Crippen LogP contribution in [0.5, 0.6) is 0 Å². The Bertz CT molecular complexity index is 490. The third-order valence-corrected chi connectivity index (χ3v) is 2.67. The molecule has 0 aliphatic carbocycles. The van der Waals surface area contributed by atoms with E-state index in [1.807, 2.05) is 0 Å². The molecule has 1 aromatic carbocycles. The van der Waals surface area contributed by atoms with Gasteiger partial charge in [-0.2, -0.15) is 0 Å². The number of nitrogen functional groups attached to an aromatic ring is 1. The average molecular weight is 237 g/mol. The summed E-state index contributed by atoms with van der Waals surface area (Å²) in [7, 11) is 1.55. The van der Waals surface area contributed by atoms with Crippen LogP contribution < -0.4 is 5.73 Å². The molecule has 3 amide bonds. The molecule has 1 aromatic rings. The quantitative estimate of drug-likeness (QED) is 0.611. The number of carbonyl (C=O) groups excluding carboxylic acids is 2. The lowest BCUT2D eigenvalue weighted by atomic mass is 10.1. The Balaban J connectivity index is 2.21. The number of anilines is 1. The van der Waals surface area contributed by atoms with E-state index in [1.165, 1.54) is 23.1 Å². The van der Waals surface area contributed by atoms with E-state index in [9.17, 15) is 14.0 Å². The van der Waals surface area contributed by atoms with Gasteiger partial charge in [-0.3, -0.25) is 9.69 Å². The summed E-state index contributed by atoms with van der Waals surface area (Å²) in [5.74, 6) is -0.719. The van der Waals surface area contributed by atoms with Crippen molar-refractivity contribution >= 4 is 17.6 Å². The largest absolute Gasteiger partial charge is 0.398 e. The van der Waals surface area contributed by atoms with Gasteiger partial charge < -0.3 is 10.6 Å². The van der Waals surface area contributed by atoms with Crippen molar-refractivity contribution in [2.24, 2.45) is 0 Å². The molecular weight excluding hydrogens is 225 g/mol. The number of nitrogens with zero attached hydrogens (tertiary/aromatic N) is 2. The highest BCUT2D eigenvalue weighted by atomic mass is 19.1. The Labute approximate surface area is 97.6 Å². The molecule has 1 heterocycles. The van der Waals surface area contributed by atoms with Gasteiger partial charge in [0.2, 0.25) is 0 Å². The topological polar surface area (TPSA) is 66.6 Å². The van der Waals surface area contributed by atoms with Gasteiger partial charge >= 0.3 is 6.03 Å². The van der Waals surface area contributed by atoms with Crippen LogP contribution in [0.2, 0.25) is 0 Å². The Morgan fingerprint density at radius 2 is 2.12 bits per heavy atom. The minimum Gasteiger partial charge on any atom is -0.398 e. The number of halogens is 1. The number of likely N-dealkylation sites (N-methyl/N-ethyl adjacent to an activating group) is 1. The minimum atomic E-state index is -0.442. The average Bonchev–Trinajstić information content (AvgIpc) is 2.48. The molecule has 2 N–H and O–H groups in total. The number of urea groups is 1. The fourth-order valence-electron chi connectivity index (χ4n) is 1.70. The number of hydrogen-bond donors (Lipinski definition) is 1. The number of amides is 3. The van der Waals surface area contributed by atoms with Crippen LogP contribution >= 0.6 is 0 Å². The molecule has 0 unspecified atom stereocenters. The molecule has 0 spiro atoms. The highest BCUT2D eigenvalue weighted by Gasteiger charge is 2.33. The summed E-state index contributed by atoms with van der Waals surface area (Å²) in [5.41, 5.74) is 6.42. The first-order valence-corrected chi connectivity index (χ1v) is 5.08. The molecule has 1 fully saturated rings. The molecule has 5 nitrogen and oxygen atoms in total. The molecule has 0 aromatic heterocycles. The highest BCUT2D eigenvalue weighted by Crippen LogP contribution is 2.18. The van der Waals surface area contributed by atoms with Gasteiger partial charge in [0.15, 0.2) is 0 Å². The van der Waals surface area contributed by atoms with Gasteiger partial charge in [-0.15, -0.1) is 0 Å². The Hall–Kier alpha value is -2.11. The Kier molecular flexibility index (Phi) is 2.71. The van der Waals surface area contributed by atoms with Crippen molar-refractivity contribution in [3.05, 3.63) is 29.6 Å². The van der Waals surface area contributed by atoms with E-state index in [2.05, 4.69) is 0 Å². The van der Waals surface area contributed by atoms with Crippen LogP contribution in [-0.4, -0.2) is 35.3 Å². The van der Waals surface area contributed by atoms with E-state index in [1.54, 1.807) is 7.05 Å². The first kappa shape index (κ1) is 11.4. The maximum absolute atomic E-state index is 12.8. The van der Waals surface area contributed by atoms with Gasteiger partial charge in [-0.05, 0) is 17.7 Å². The standard InChI is InChI=1S/C11H12FN3O2/c1-14-6-10(16)15(11(14)17)5-7-2-3-8(12)4-9(7)13/h2-4H,5-6,13H2,1H3. The van der Waals surface area contributed by atoms with E-state index >= 15 is 0 Å². The Morgan fingerprint density at radius 3 is 2.65 bits per heavy atom. The maximum Gasteiger partial charge on any atom is 0.327 e. The predicted octanol–water partition coefficient (Wildman–Crippen LogP) is 0.802. The number of benzene rings is 1. The normalized spacial score (nSPS) is 15.9. The lowest BCUT2D eigenvalue weighted by Crippen LogP contribution is -2.31. The van der Waals surface area contributed by atoms with Crippen molar-refractivity contribution in [2.75, 3.05) is 19.3 Å². The van der Waals surface area contributed by atoms with Crippen LogP contribution in [0.4, 0.5) is 14.9 Å². The molecule has 6 heteroatoms. The van der Waals surface area contributed by atoms with Crippen molar-refractivity contribution in [3.63, 3.8) is 0 Å². The number of hydrogen-bond acceptors (Lipinski definition) is 3. The second-order valence-electron chi connectivity index (χ2n) is 3.96. The van der Waals surface area contributed by atoms with Gasteiger partial charge in [0.1, 0.15) is 12.4 Å². The fraction of sp³-hybridized carbons (Fsp3) is 0.273. The molecule has 1 aliphatic heterocycles. The summed E-state index contributed by atoms with van der Waals surface area (Å²) in [5, 5.41) is 0. The van der Waals surface area contributed by atoms with Crippen LogP contribution in [0.1, 0.15) is 5.56 Å². The maximum atomic E-state index is 12.8. The van der Waals surface area contributed by atoms with Crippen LogP contribution in [0.15, 0.2) is 18.2 Å². The molecule has 0 radical (unpaired) electrons. The summed E-state index contributed by atoms with van der Waals surface area (Å²) < 4.78 is 12.8. The molecule has 90 valence electrons. The van der Waals surface area contributed by atoms with Gasteiger partial charge in [-0.1, -0.05) is 6.07 Å². The second-order valence-corrected chi connectivity index (χ2v) is 3.96. The summed E-state index contributed by atoms with van der Waals surface area (Å²) in [6.45, 7) is 0.147. The zero-order valence-electron chi connectivity index (χ0n) is 9.31. The second kappa shape index (κ2) is 4.04. The molecule has 1 saturated heterocycles. The summed E-state index contributed by atoms with van der Waals surface area (Å²) in [6.07, 6.45) is 0. The summed E-state index contributed by atoms with van der Waals surface area (Å²) in [6, 6.07) is 3.53. The van der Waals surface area contributed by atoms with E-state index < -0.39 is 5.82 Å². The SMILES string of the molecule is CN1CC(=O)N(Cc2ccc(F)cc2N)C1=O. The predicted molar refractivity (Wildman–Crippen MR) is 59.4 cm³/mol. The van der Waals surface area contributed by atoms with Crippen LogP contribution in [-0.2, 0) is 11.3 Å². The van der Waals surface area contributed by atoms with Crippen molar-refractivity contribution in [2.45, 2.75) is 6.54 Å². The van der Waals surface area contributed by atoms with Crippen LogP contribution in [0.3, 0.4) is 0 Å². The van der Waals surface area contributed by atoms with Gasteiger partial charge in [0.25, 0.3) is 5.91 Å². The van der Waals surface area contributed by atoms with E-state index in [-0.39, 0.29) is 30.7 Å². The van der Waals surface area contributed by atoms with Crippen LogP contribution in [0.25, 0.3) is 0 Å². The lowest BCUT2D eigenvalue weighted by molar-refractivity contribution is -0.125. The van der Waals surface area contributed by atoms with Crippen molar-refractivity contribution in [1.29, 1.82) is 0 Å². The van der Waals surface area contributed by atoms with E-state index in [4.69, 9.17) is 5.73 Å². The highest BCUT2D eigenvalue weighted by molar-refractivity contribution is 6.01. The zero-order chi connectivity index (χ0) is 12.6. The fourth-order valence-corrected chi connectivity index (χ4v) is 1.70. The van der Waals surface area contributed by atoms with Crippen LogP contribution in [0, 0.1) is 5.82 Å². The number of rotatable bonds is 2. The minimum absolute atomic E-state index is 0.0694. The molecule has 17 heavy (non-hydrogen) atoms. The lowest BCUT2D eigenvalue weighted by Gasteiger charge is -2.15. The zero-order valence-corrected chi connectivity index (χ0v) is 9.31. The van der Waals surface area contributed by atoms with Crippen molar-refractivity contribution in [1.82, 2.24) is 9.80 Å². The third-order valence-electron chi connectivity index (χ3n) is 2.67. The number of nitrogens with two attached hydrogens (primary N) is 1. The monoisotopic (exact) mass is 237 g/mol. The molecule has 1 aliphatic rings. The Morgan fingerprint density at radius 1 is 1.41 bits per heavy atom. The third kappa shape index (κ3) is 2.06. The van der Waals surface area contributed by atoms with Gasteiger partial charge in [-0.25, -0.2) is 9.18 Å². The first-order chi connectivity index (χ1) is 7.99. The smallest absolute Gasteiger partial charge is 0.327 e. The first-order valence-electron chi connectivity index (χ1n) is 5.08. The molecule has 0 atom stereocenters. The number of imide groups is 1. The van der Waals surface area contributed by atoms with Gasteiger partial charge in [0.05, 0.1) is 6.54 Å². The molecule has 0 saturated carbocycles. The van der Waals surface area contributed by atoms with Crippen molar-refractivity contribution < 1.29 is 14.0 Å². The van der Waals surface area contributed by atoms with E-state index in [0.717, 1.165) is 4.90 Å². The van der Waals surface area contributed by atoms with E-state index in [0.29, 0.717) is 5.56 Å². The molecule has 0 bridgehead atoms. The van der Waals surface area contributed by atoms with Crippen molar-refractivity contribution in [3.8, 4) is 0 Å². The summed E-state index contributed by atoms with van der Waals surface area (Å²) in [4.78, 5) is 25.6. The molecule has 2 rings (SSSR count). The van der Waals surface area contributed by atoms with Gasteiger partial charge in [0, 0.05) is 12.7 Å². The molecular formula is C11H12FN3O2. The summed E-state index contributed by atoms with van der Waals surface area (Å²) >= 11 is 0.